The third-order valence-corrected chi connectivity index (χ3v) is 5.42. The second-order valence-corrected chi connectivity index (χ2v) is 7.00. The number of anilines is 1. The zero-order chi connectivity index (χ0) is 19.7. The van der Waals surface area contributed by atoms with E-state index in [0.717, 1.165) is 23.2 Å². The van der Waals surface area contributed by atoms with Crippen LogP contribution >= 0.6 is 0 Å². The lowest BCUT2D eigenvalue weighted by Gasteiger charge is -2.38. The molecule has 6 heteroatoms. The van der Waals surface area contributed by atoms with Gasteiger partial charge in [0.2, 0.25) is 0 Å². The van der Waals surface area contributed by atoms with E-state index in [1.54, 1.807) is 12.1 Å². The van der Waals surface area contributed by atoms with Gasteiger partial charge in [0.05, 0.1) is 19.1 Å². The van der Waals surface area contributed by atoms with Crippen LogP contribution in [0, 0.1) is 5.92 Å². The molecule has 2 aliphatic rings. The lowest BCUT2D eigenvalue weighted by Crippen LogP contribution is -2.30. The Morgan fingerprint density at radius 2 is 1.96 bits per heavy atom. The van der Waals surface area contributed by atoms with Gasteiger partial charge in [-0.3, -0.25) is 0 Å². The number of benzene rings is 2. The molecule has 28 heavy (non-hydrogen) atoms. The highest BCUT2D eigenvalue weighted by molar-refractivity contribution is 5.87. The number of fused-ring (bicyclic) bond motifs is 3. The molecule has 1 heterocycles. The molecule has 2 aromatic rings. The standard InChI is InChI=1S/C22H21NO5/c1-27-20(24)12-28-15-8-5-13(6-9-15)21-17-4-2-3-16(17)18-11-14(22(25)26)7-10-19(18)23-21/h2-3,5-11,16-17,21,23H,4,12H2,1H3,(H,25,26)/p-1/t16-,17+,21+/m0/s1. The molecule has 0 spiro atoms. The van der Waals surface area contributed by atoms with E-state index in [1.807, 2.05) is 30.3 Å². The number of esters is 1. The first-order valence-corrected chi connectivity index (χ1v) is 9.15. The van der Waals surface area contributed by atoms with Gasteiger partial charge in [0.15, 0.2) is 6.61 Å². The van der Waals surface area contributed by atoms with Gasteiger partial charge in [0.25, 0.3) is 0 Å². The molecule has 0 saturated heterocycles. The predicted octanol–water partition coefficient (Wildman–Crippen LogP) is 2.43. The molecule has 3 atom stereocenters. The van der Waals surface area contributed by atoms with Gasteiger partial charge in [-0.2, -0.15) is 0 Å². The Labute approximate surface area is 162 Å². The van der Waals surface area contributed by atoms with Crippen LogP contribution in [-0.2, 0) is 9.53 Å². The van der Waals surface area contributed by atoms with E-state index >= 15 is 0 Å². The molecule has 0 radical (unpaired) electrons. The van der Waals surface area contributed by atoms with Crippen molar-refractivity contribution in [2.45, 2.75) is 18.4 Å². The van der Waals surface area contributed by atoms with Crippen LogP contribution in [0.2, 0.25) is 0 Å². The van der Waals surface area contributed by atoms with Crippen molar-refractivity contribution in [1.82, 2.24) is 0 Å². The number of hydrogen-bond donors (Lipinski definition) is 1. The summed E-state index contributed by atoms with van der Waals surface area (Å²) in [6.45, 7) is -0.125. The summed E-state index contributed by atoms with van der Waals surface area (Å²) in [7, 11) is 1.32. The molecular formula is C22H20NO5-. The fourth-order valence-corrected chi connectivity index (χ4v) is 4.02. The average molecular weight is 378 g/mol. The van der Waals surface area contributed by atoms with Crippen LogP contribution in [0.1, 0.15) is 39.9 Å². The highest BCUT2D eigenvalue weighted by Crippen LogP contribution is 2.50. The van der Waals surface area contributed by atoms with Crippen molar-refractivity contribution < 1.29 is 24.2 Å². The number of carboxylic acids is 1. The topological polar surface area (TPSA) is 87.7 Å². The number of carbonyl (C=O) groups is 2. The molecular weight excluding hydrogens is 358 g/mol. The van der Waals surface area contributed by atoms with Crippen LogP contribution in [0.4, 0.5) is 5.69 Å². The van der Waals surface area contributed by atoms with Crippen LogP contribution in [0.5, 0.6) is 5.75 Å². The molecule has 0 saturated carbocycles. The molecule has 2 aromatic carbocycles. The second-order valence-electron chi connectivity index (χ2n) is 7.00. The van der Waals surface area contributed by atoms with Crippen molar-refractivity contribution in [1.29, 1.82) is 0 Å². The van der Waals surface area contributed by atoms with Crippen molar-refractivity contribution >= 4 is 17.6 Å². The normalized spacial score (nSPS) is 22.0. The van der Waals surface area contributed by atoms with Crippen LogP contribution in [0.3, 0.4) is 0 Å². The van der Waals surface area contributed by atoms with Crippen LogP contribution in [0.15, 0.2) is 54.6 Å². The largest absolute Gasteiger partial charge is 0.545 e. The molecule has 1 aliphatic carbocycles. The molecule has 0 aromatic heterocycles. The number of allylic oxidation sites excluding steroid dienone is 2. The summed E-state index contributed by atoms with van der Waals surface area (Å²) in [6, 6.07) is 12.8. The fourth-order valence-electron chi connectivity index (χ4n) is 4.02. The molecule has 6 nitrogen and oxygen atoms in total. The van der Waals surface area contributed by atoms with Crippen LogP contribution in [-0.4, -0.2) is 25.7 Å². The summed E-state index contributed by atoms with van der Waals surface area (Å²) in [5.74, 6) is -0.524. The molecule has 0 unspecified atom stereocenters. The van der Waals surface area contributed by atoms with Crippen molar-refractivity contribution in [2.75, 3.05) is 19.0 Å². The van der Waals surface area contributed by atoms with Crippen molar-refractivity contribution in [3.63, 3.8) is 0 Å². The van der Waals surface area contributed by atoms with Crippen molar-refractivity contribution in [2.24, 2.45) is 5.92 Å². The van der Waals surface area contributed by atoms with Gasteiger partial charge in [-0.1, -0.05) is 30.4 Å². The van der Waals surface area contributed by atoms with Gasteiger partial charge >= 0.3 is 5.97 Å². The Kier molecular flexibility index (Phi) is 4.77. The average Bonchev–Trinajstić information content (AvgIpc) is 3.21. The summed E-state index contributed by atoms with van der Waals surface area (Å²) in [6.07, 6.45) is 5.22. The van der Waals surface area contributed by atoms with Gasteiger partial charge in [0.1, 0.15) is 5.75 Å². The zero-order valence-electron chi connectivity index (χ0n) is 15.4. The number of ether oxygens (including phenoxy) is 2. The predicted molar refractivity (Wildman–Crippen MR) is 101 cm³/mol. The van der Waals surface area contributed by atoms with Gasteiger partial charge in [0, 0.05) is 11.6 Å². The van der Waals surface area contributed by atoms with Crippen LogP contribution < -0.4 is 15.2 Å². The van der Waals surface area contributed by atoms with Crippen LogP contribution in [0.25, 0.3) is 0 Å². The number of methoxy groups -OCH3 is 1. The highest BCUT2D eigenvalue weighted by atomic mass is 16.6. The highest BCUT2D eigenvalue weighted by Gasteiger charge is 2.37. The van der Waals surface area contributed by atoms with Gasteiger partial charge in [-0.05, 0) is 53.3 Å². The maximum Gasteiger partial charge on any atom is 0.343 e. The fraction of sp³-hybridized carbons (Fsp3) is 0.273. The Bertz CT molecular complexity index is 934. The van der Waals surface area contributed by atoms with E-state index in [2.05, 4.69) is 22.2 Å². The minimum absolute atomic E-state index is 0.0935. The van der Waals surface area contributed by atoms with Gasteiger partial charge < -0.3 is 24.7 Å². The quantitative estimate of drug-likeness (QED) is 0.635. The monoisotopic (exact) mass is 378 g/mol. The molecule has 4 rings (SSSR count). The Balaban J connectivity index is 1.58. The van der Waals surface area contributed by atoms with E-state index in [-0.39, 0.29) is 24.1 Å². The summed E-state index contributed by atoms with van der Waals surface area (Å²) < 4.78 is 9.98. The minimum atomic E-state index is -1.16. The number of carboxylic acid groups (broad SMARTS) is 1. The summed E-state index contributed by atoms with van der Waals surface area (Å²) in [5, 5.41) is 14.8. The summed E-state index contributed by atoms with van der Waals surface area (Å²) >= 11 is 0. The molecule has 0 bridgehead atoms. The molecule has 1 N–H and O–H groups in total. The number of hydrogen-bond acceptors (Lipinski definition) is 6. The third kappa shape index (κ3) is 3.33. The summed E-state index contributed by atoms with van der Waals surface area (Å²) in [5.41, 5.74) is 3.24. The van der Waals surface area contributed by atoms with Gasteiger partial charge in [-0.15, -0.1) is 0 Å². The smallest absolute Gasteiger partial charge is 0.343 e. The minimum Gasteiger partial charge on any atom is -0.545 e. The summed E-state index contributed by atoms with van der Waals surface area (Å²) in [4.78, 5) is 22.4. The number of rotatable bonds is 5. The maximum atomic E-state index is 11.2. The number of carbonyl (C=O) groups excluding carboxylic acids is 2. The first-order valence-electron chi connectivity index (χ1n) is 9.15. The molecule has 144 valence electrons. The van der Waals surface area contributed by atoms with E-state index < -0.39 is 11.9 Å². The van der Waals surface area contributed by atoms with Gasteiger partial charge in [-0.25, -0.2) is 4.79 Å². The lowest BCUT2D eigenvalue weighted by atomic mass is 9.76. The van der Waals surface area contributed by atoms with Crippen molar-refractivity contribution in [3.8, 4) is 5.75 Å². The molecule has 0 amide bonds. The Hall–Kier alpha value is -3.28. The molecule has 1 aliphatic heterocycles. The Morgan fingerprint density at radius 3 is 2.68 bits per heavy atom. The van der Waals surface area contributed by atoms with E-state index in [9.17, 15) is 14.7 Å². The first kappa shape index (κ1) is 18.1. The SMILES string of the molecule is COC(=O)COc1ccc([C@H]2Nc3ccc(C(=O)[O-])cc3[C@H]3C=CC[C@H]32)cc1. The van der Waals surface area contributed by atoms with E-state index in [1.165, 1.54) is 7.11 Å². The van der Waals surface area contributed by atoms with Crippen molar-refractivity contribution in [3.05, 3.63) is 71.3 Å². The number of nitrogens with one attached hydrogen (secondary N) is 1. The third-order valence-electron chi connectivity index (χ3n) is 5.42. The second kappa shape index (κ2) is 7.38. The van der Waals surface area contributed by atoms with E-state index in [0.29, 0.717) is 11.7 Å². The zero-order valence-corrected chi connectivity index (χ0v) is 15.4. The Morgan fingerprint density at radius 1 is 1.18 bits per heavy atom. The first-order chi connectivity index (χ1) is 13.6. The van der Waals surface area contributed by atoms with E-state index in [4.69, 9.17) is 4.74 Å². The number of aromatic carboxylic acids is 1. The molecule has 0 fully saturated rings. The maximum absolute atomic E-state index is 11.2. The lowest BCUT2D eigenvalue weighted by molar-refractivity contribution is -0.255.